The second kappa shape index (κ2) is 15.5. The minimum atomic E-state index is -4.33. The van der Waals surface area contributed by atoms with Crippen LogP contribution in [-0.4, -0.2) is 50.9 Å². The van der Waals surface area contributed by atoms with E-state index in [0.29, 0.717) is 16.3 Å². The summed E-state index contributed by atoms with van der Waals surface area (Å²) in [5, 5.41) is 3.66. The molecule has 1 atom stereocenters. The first kappa shape index (κ1) is 33.9. The molecule has 4 aromatic rings. The quantitative estimate of drug-likeness (QED) is 0.177. The lowest BCUT2D eigenvalue weighted by Gasteiger charge is -2.34. The van der Waals surface area contributed by atoms with E-state index in [2.05, 4.69) is 5.32 Å². The van der Waals surface area contributed by atoms with Crippen molar-refractivity contribution in [3.8, 4) is 5.75 Å². The number of sulfonamides is 1. The average molecular weight is 678 g/mol. The third kappa shape index (κ3) is 8.69. The molecule has 0 aromatic heterocycles. The molecule has 1 aliphatic rings. The maximum absolute atomic E-state index is 14.5. The molecule has 1 N–H and O–H groups in total. The van der Waals surface area contributed by atoms with Gasteiger partial charge in [-0.3, -0.25) is 13.9 Å². The molecular formula is C36H37ClFN3O5S. The highest BCUT2D eigenvalue weighted by Crippen LogP contribution is 2.27. The maximum atomic E-state index is 14.5. The SMILES string of the molecule is COc1ccc(S(=O)(=O)N(CC(=O)N(Cc2ccc(Cl)cc2)C(Cc2ccccc2)C(=O)NC2CCCC2)c2ccc(F)cc2)cc1. The molecular weight excluding hydrogens is 641 g/mol. The predicted octanol–water partition coefficient (Wildman–Crippen LogP) is 6.38. The Morgan fingerprint density at radius 2 is 1.53 bits per heavy atom. The first-order valence-electron chi connectivity index (χ1n) is 15.4. The van der Waals surface area contributed by atoms with E-state index in [1.807, 2.05) is 30.3 Å². The van der Waals surface area contributed by atoms with Crippen LogP contribution < -0.4 is 14.4 Å². The van der Waals surface area contributed by atoms with E-state index in [0.717, 1.165) is 47.7 Å². The molecule has 1 fully saturated rings. The number of nitrogens with zero attached hydrogens (tertiary/aromatic N) is 2. The molecule has 0 radical (unpaired) electrons. The van der Waals surface area contributed by atoms with Crippen molar-refractivity contribution in [2.45, 2.75) is 55.6 Å². The Balaban J connectivity index is 1.55. The van der Waals surface area contributed by atoms with Gasteiger partial charge in [-0.05, 0) is 84.6 Å². The third-order valence-electron chi connectivity index (χ3n) is 8.28. The highest BCUT2D eigenvalue weighted by molar-refractivity contribution is 7.92. The molecule has 0 heterocycles. The number of amides is 2. The fourth-order valence-electron chi connectivity index (χ4n) is 5.72. The summed E-state index contributed by atoms with van der Waals surface area (Å²) in [5.41, 5.74) is 1.65. The second-order valence-corrected chi connectivity index (χ2v) is 13.8. The Bertz CT molecular complexity index is 1750. The number of hydrogen-bond donors (Lipinski definition) is 1. The lowest BCUT2D eigenvalue weighted by molar-refractivity contribution is -0.140. The third-order valence-corrected chi connectivity index (χ3v) is 10.3. The summed E-state index contributed by atoms with van der Waals surface area (Å²) in [6.07, 6.45) is 3.94. The number of benzene rings is 4. The van der Waals surface area contributed by atoms with E-state index in [1.165, 1.54) is 48.4 Å². The predicted molar refractivity (Wildman–Crippen MR) is 180 cm³/mol. The van der Waals surface area contributed by atoms with Crippen molar-refractivity contribution in [2.24, 2.45) is 0 Å². The monoisotopic (exact) mass is 677 g/mol. The van der Waals surface area contributed by atoms with Crippen LogP contribution in [0.2, 0.25) is 5.02 Å². The van der Waals surface area contributed by atoms with Crippen LogP contribution in [0.1, 0.15) is 36.8 Å². The molecule has 11 heteroatoms. The van der Waals surface area contributed by atoms with Crippen LogP contribution in [0.4, 0.5) is 10.1 Å². The Morgan fingerprint density at radius 1 is 0.894 bits per heavy atom. The molecule has 0 saturated heterocycles. The van der Waals surface area contributed by atoms with Gasteiger partial charge in [-0.25, -0.2) is 12.8 Å². The van der Waals surface area contributed by atoms with Gasteiger partial charge < -0.3 is 15.0 Å². The van der Waals surface area contributed by atoms with Gasteiger partial charge in [0.1, 0.15) is 24.2 Å². The molecule has 47 heavy (non-hydrogen) atoms. The lowest BCUT2D eigenvalue weighted by atomic mass is 10.0. The number of rotatable bonds is 13. The number of carbonyl (C=O) groups is 2. The highest BCUT2D eigenvalue weighted by atomic mass is 35.5. The van der Waals surface area contributed by atoms with Crippen molar-refractivity contribution in [2.75, 3.05) is 18.0 Å². The maximum Gasteiger partial charge on any atom is 0.264 e. The summed E-state index contributed by atoms with van der Waals surface area (Å²) in [5.74, 6) is -1.02. The molecule has 0 aliphatic heterocycles. The van der Waals surface area contributed by atoms with E-state index in [4.69, 9.17) is 16.3 Å². The Kier molecular flexibility index (Phi) is 11.2. The number of hydrogen-bond acceptors (Lipinski definition) is 5. The Morgan fingerprint density at radius 3 is 2.15 bits per heavy atom. The number of anilines is 1. The number of nitrogens with one attached hydrogen (secondary N) is 1. The minimum Gasteiger partial charge on any atom is -0.497 e. The molecule has 5 rings (SSSR count). The van der Waals surface area contributed by atoms with Gasteiger partial charge in [0, 0.05) is 24.0 Å². The zero-order chi connectivity index (χ0) is 33.4. The standard InChI is InChI=1S/C36H37ClFN3O5S/c1-46-32-19-21-33(22-20-32)47(44,45)41(31-17-15-29(38)16-18-31)25-35(42)40(24-27-11-13-28(37)14-12-27)34(23-26-7-3-2-4-8-26)36(43)39-30-9-5-6-10-30/h2-4,7-8,11-22,30,34H,5-6,9-10,23-25H2,1H3,(H,39,43). The van der Waals surface area contributed by atoms with Gasteiger partial charge in [0.2, 0.25) is 11.8 Å². The smallest absolute Gasteiger partial charge is 0.264 e. The molecule has 1 saturated carbocycles. The number of methoxy groups -OCH3 is 1. The van der Waals surface area contributed by atoms with E-state index in [9.17, 15) is 22.4 Å². The van der Waals surface area contributed by atoms with Gasteiger partial charge in [0.15, 0.2) is 0 Å². The van der Waals surface area contributed by atoms with Crippen LogP contribution in [0.3, 0.4) is 0 Å². The van der Waals surface area contributed by atoms with Crippen LogP contribution in [-0.2, 0) is 32.6 Å². The first-order valence-corrected chi connectivity index (χ1v) is 17.3. The van der Waals surface area contributed by atoms with Gasteiger partial charge in [0.05, 0.1) is 17.7 Å². The number of halogens is 2. The summed E-state index contributed by atoms with van der Waals surface area (Å²) in [4.78, 5) is 29.9. The fraction of sp³-hybridized carbons (Fsp3) is 0.278. The van der Waals surface area contributed by atoms with Gasteiger partial charge in [-0.2, -0.15) is 0 Å². The van der Waals surface area contributed by atoms with Crippen LogP contribution in [0, 0.1) is 5.82 Å². The van der Waals surface area contributed by atoms with Crippen molar-refractivity contribution in [3.63, 3.8) is 0 Å². The van der Waals surface area contributed by atoms with Crippen LogP contribution in [0.25, 0.3) is 0 Å². The highest BCUT2D eigenvalue weighted by Gasteiger charge is 2.35. The van der Waals surface area contributed by atoms with Crippen molar-refractivity contribution in [1.29, 1.82) is 0 Å². The topological polar surface area (TPSA) is 96.0 Å². The molecule has 8 nitrogen and oxygen atoms in total. The zero-order valence-electron chi connectivity index (χ0n) is 26.0. The van der Waals surface area contributed by atoms with E-state index in [-0.39, 0.29) is 35.5 Å². The van der Waals surface area contributed by atoms with Crippen molar-refractivity contribution >= 4 is 39.1 Å². The second-order valence-electron chi connectivity index (χ2n) is 11.5. The van der Waals surface area contributed by atoms with Gasteiger partial charge >= 0.3 is 0 Å². The summed E-state index contributed by atoms with van der Waals surface area (Å²) in [6, 6.07) is 26.0. The molecule has 2 amide bonds. The lowest BCUT2D eigenvalue weighted by Crippen LogP contribution is -2.54. The van der Waals surface area contributed by atoms with E-state index < -0.39 is 34.3 Å². The largest absolute Gasteiger partial charge is 0.497 e. The fourth-order valence-corrected chi connectivity index (χ4v) is 7.26. The summed E-state index contributed by atoms with van der Waals surface area (Å²) >= 11 is 6.15. The number of carbonyl (C=O) groups excluding carboxylic acids is 2. The van der Waals surface area contributed by atoms with Crippen LogP contribution >= 0.6 is 11.6 Å². The van der Waals surface area contributed by atoms with Gasteiger partial charge in [-0.1, -0.05) is 66.9 Å². The molecule has 246 valence electrons. The van der Waals surface area contributed by atoms with Crippen molar-refractivity contribution in [3.05, 3.63) is 125 Å². The van der Waals surface area contributed by atoms with Crippen molar-refractivity contribution in [1.82, 2.24) is 10.2 Å². The molecule has 4 aromatic carbocycles. The van der Waals surface area contributed by atoms with Gasteiger partial charge in [-0.15, -0.1) is 0 Å². The van der Waals surface area contributed by atoms with Crippen molar-refractivity contribution < 1.29 is 27.1 Å². The first-order chi connectivity index (χ1) is 22.6. The average Bonchev–Trinajstić information content (AvgIpc) is 3.60. The molecule has 1 unspecified atom stereocenters. The van der Waals surface area contributed by atoms with Crippen LogP contribution in [0.5, 0.6) is 5.75 Å². The summed E-state index contributed by atoms with van der Waals surface area (Å²) < 4.78 is 48.4. The van der Waals surface area contributed by atoms with Gasteiger partial charge in [0.25, 0.3) is 10.0 Å². The Hall–Kier alpha value is -4.41. The molecule has 0 spiro atoms. The normalized spacial score (nSPS) is 13.9. The zero-order valence-corrected chi connectivity index (χ0v) is 27.6. The summed E-state index contributed by atoms with van der Waals surface area (Å²) in [7, 11) is -2.86. The molecule has 0 bridgehead atoms. The summed E-state index contributed by atoms with van der Waals surface area (Å²) in [6.45, 7) is -0.624. The van der Waals surface area contributed by atoms with Crippen LogP contribution in [0.15, 0.2) is 108 Å². The number of ether oxygens (including phenoxy) is 1. The molecule has 1 aliphatic carbocycles. The Labute approximate surface area is 280 Å². The van der Waals surface area contributed by atoms with E-state index in [1.54, 1.807) is 24.3 Å². The van der Waals surface area contributed by atoms with E-state index >= 15 is 0 Å². The minimum absolute atomic E-state index is 0.000536.